The maximum absolute atomic E-state index is 12.8. The van der Waals surface area contributed by atoms with Crippen LogP contribution in [0.15, 0.2) is 60.9 Å². The predicted molar refractivity (Wildman–Crippen MR) is 90.4 cm³/mol. The zero-order valence-electron chi connectivity index (χ0n) is 13.4. The van der Waals surface area contributed by atoms with Gasteiger partial charge in [-0.15, -0.1) is 0 Å². The maximum Gasteiger partial charge on any atom is 0.258 e. The van der Waals surface area contributed by atoms with Gasteiger partial charge in [0.05, 0.1) is 12.2 Å². The van der Waals surface area contributed by atoms with Gasteiger partial charge in [-0.3, -0.25) is 14.5 Å². The summed E-state index contributed by atoms with van der Waals surface area (Å²) in [6.07, 6.45) is 3.56. The van der Waals surface area contributed by atoms with E-state index >= 15 is 0 Å². The molecule has 2 aromatic heterocycles. The van der Waals surface area contributed by atoms with Crippen LogP contribution in [0.1, 0.15) is 0 Å². The Labute approximate surface area is 144 Å². The number of carbonyl (C=O) groups is 1. The molecule has 1 amide bonds. The summed E-state index contributed by atoms with van der Waals surface area (Å²) in [5.74, 6) is -0.147. The average Bonchev–Trinajstić information content (AvgIpc) is 3.11. The summed E-state index contributed by atoms with van der Waals surface area (Å²) in [6.45, 7) is 0.841. The van der Waals surface area contributed by atoms with Crippen LogP contribution in [0, 0.1) is 5.82 Å². The molecule has 0 spiro atoms. The van der Waals surface area contributed by atoms with Crippen molar-refractivity contribution in [2.45, 2.75) is 6.54 Å². The number of hydrogen-bond acceptors (Lipinski definition) is 4. The highest BCUT2D eigenvalue weighted by atomic mass is 19.1. The Morgan fingerprint density at radius 1 is 1.12 bits per heavy atom. The summed E-state index contributed by atoms with van der Waals surface area (Å²) >= 11 is 0. The van der Waals surface area contributed by atoms with E-state index in [2.05, 4.69) is 15.4 Å². The van der Waals surface area contributed by atoms with Crippen molar-refractivity contribution in [1.29, 1.82) is 0 Å². The second-order valence-electron chi connectivity index (χ2n) is 5.27. The van der Waals surface area contributed by atoms with Gasteiger partial charge in [0.1, 0.15) is 17.3 Å². The molecular formula is C18H17FN4O2. The van der Waals surface area contributed by atoms with E-state index in [1.165, 1.54) is 24.3 Å². The van der Waals surface area contributed by atoms with Crippen molar-refractivity contribution in [3.05, 3.63) is 66.7 Å². The van der Waals surface area contributed by atoms with Crippen molar-refractivity contribution < 1.29 is 13.9 Å². The number of carbonyl (C=O) groups excluding carboxylic acids is 1. The minimum atomic E-state index is -0.346. The van der Waals surface area contributed by atoms with Crippen molar-refractivity contribution in [1.82, 2.24) is 20.1 Å². The van der Waals surface area contributed by atoms with Crippen molar-refractivity contribution in [3.8, 4) is 17.1 Å². The summed E-state index contributed by atoms with van der Waals surface area (Å²) < 4.78 is 19.8. The zero-order chi connectivity index (χ0) is 17.5. The number of hydrogen-bond donors (Lipinski definition) is 1. The fourth-order valence-corrected chi connectivity index (χ4v) is 2.18. The quantitative estimate of drug-likeness (QED) is 0.716. The Morgan fingerprint density at radius 3 is 2.72 bits per heavy atom. The lowest BCUT2D eigenvalue weighted by molar-refractivity contribution is -0.123. The highest BCUT2D eigenvalue weighted by Crippen LogP contribution is 2.12. The van der Waals surface area contributed by atoms with Gasteiger partial charge < -0.3 is 10.1 Å². The molecule has 0 saturated heterocycles. The Kier molecular flexibility index (Phi) is 5.36. The van der Waals surface area contributed by atoms with E-state index in [1.807, 2.05) is 30.5 Å². The lowest BCUT2D eigenvalue weighted by Gasteiger charge is -2.07. The Balaban J connectivity index is 1.41. The first-order valence-corrected chi connectivity index (χ1v) is 7.80. The number of benzene rings is 1. The van der Waals surface area contributed by atoms with Gasteiger partial charge in [0.15, 0.2) is 6.61 Å². The van der Waals surface area contributed by atoms with Crippen LogP contribution in [0.2, 0.25) is 0 Å². The summed E-state index contributed by atoms with van der Waals surface area (Å²) in [7, 11) is 0. The average molecular weight is 340 g/mol. The maximum atomic E-state index is 12.8. The minimum absolute atomic E-state index is 0.121. The molecule has 0 aliphatic carbocycles. The smallest absolute Gasteiger partial charge is 0.258 e. The van der Waals surface area contributed by atoms with Gasteiger partial charge in [-0.25, -0.2) is 4.39 Å². The van der Waals surface area contributed by atoms with Crippen LogP contribution in [0.3, 0.4) is 0 Å². The monoisotopic (exact) mass is 340 g/mol. The largest absolute Gasteiger partial charge is 0.484 e. The summed E-state index contributed by atoms with van der Waals surface area (Å²) in [6, 6.07) is 13.0. The van der Waals surface area contributed by atoms with E-state index in [0.717, 1.165) is 11.4 Å². The molecule has 0 fully saturated rings. The van der Waals surface area contributed by atoms with Gasteiger partial charge in [-0.05, 0) is 42.5 Å². The number of aromatic nitrogens is 3. The number of amides is 1. The van der Waals surface area contributed by atoms with Crippen molar-refractivity contribution >= 4 is 5.91 Å². The normalized spacial score (nSPS) is 10.4. The molecular weight excluding hydrogens is 323 g/mol. The van der Waals surface area contributed by atoms with E-state index in [4.69, 9.17) is 4.74 Å². The van der Waals surface area contributed by atoms with Crippen molar-refractivity contribution in [2.75, 3.05) is 13.2 Å². The zero-order valence-corrected chi connectivity index (χ0v) is 13.4. The van der Waals surface area contributed by atoms with E-state index in [1.54, 1.807) is 10.9 Å². The van der Waals surface area contributed by atoms with Crippen molar-refractivity contribution in [2.24, 2.45) is 0 Å². The highest BCUT2D eigenvalue weighted by molar-refractivity contribution is 5.77. The molecule has 3 aromatic rings. The van der Waals surface area contributed by atoms with Crippen LogP contribution in [0.4, 0.5) is 4.39 Å². The summed E-state index contributed by atoms with van der Waals surface area (Å²) in [4.78, 5) is 16.0. The molecule has 0 bridgehead atoms. The highest BCUT2D eigenvalue weighted by Gasteiger charge is 2.05. The van der Waals surface area contributed by atoms with E-state index in [0.29, 0.717) is 18.8 Å². The number of nitrogens with one attached hydrogen (secondary N) is 1. The van der Waals surface area contributed by atoms with Gasteiger partial charge >= 0.3 is 0 Å². The Morgan fingerprint density at radius 2 is 1.96 bits per heavy atom. The topological polar surface area (TPSA) is 69.0 Å². The molecule has 7 heteroatoms. The van der Waals surface area contributed by atoms with Gasteiger partial charge in [-0.2, -0.15) is 5.10 Å². The number of pyridine rings is 1. The lowest BCUT2D eigenvalue weighted by atomic mass is 10.3. The van der Waals surface area contributed by atoms with E-state index in [9.17, 15) is 9.18 Å². The number of halogens is 1. The standard InChI is InChI=1S/C18H17FN4O2/c19-14-4-6-15(7-5-14)25-13-18(24)21-10-12-23-11-8-17(22-23)16-3-1-2-9-20-16/h1-9,11H,10,12-13H2,(H,21,24). The molecule has 1 aromatic carbocycles. The molecule has 0 saturated carbocycles. The van der Waals surface area contributed by atoms with Crippen LogP contribution in [0.5, 0.6) is 5.75 Å². The molecule has 3 rings (SSSR count). The fraction of sp³-hybridized carbons (Fsp3) is 0.167. The lowest BCUT2D eigenvalue weighted by Crippen LogP contribution is -2.31. The molecule has 1 N–H and O–H groups in total. The van der Waals surface area contributed by atoms with Gasteiger partial charge in [0, 0.05) is 18.9 Å². The molecule has 128 valence electrons. The first-order valence-electron chi connectivity index (χ1n) is 7.80. The predicted octanol–water partition coefficient (Wildman–Crippen LogP) is 2.28. The Bertz CT molecular complexity index is 819. The van der Waals surface area contributed by atoms with Gasteiger partial charge in [0.2, 0.25) is 0 Å². The van der Waals surface area contributed by atoms with Crippen LogP contribution in [-0.2, 0) is 11.3 Å². The molecule has 6 nitrogen and oxygen atoms in total. The number of ether oxygens (including phenoxy) is 1. The van der Waals surface area contributed by atoms with E-state index in [-0.39, 0.29) is 18.3 Å². The first-order chi connectivity index (χ1) is 12.2. The molecule has 0 atom stereocenters. The second-order valence-corrected chi connectivity index (χ2v) is 5.27. The number of rotatable bonds is 7. The third kappa shape index (κ3) is 4.87. The van der Waals surface area contributed by atoms with E-state index < -0.39 is 0 Å². The van der Waals surface area contributed by atoms with Gasteiger partial charge in [0.25, 0.3) is 5.91 Å². The van der Waals surface area contributed by atoms with Crippen LogP contribution < -0.4 is 10.1 Å². The molecule has 25 heavy (non-hydrogen) atoms. The fourth-order valence-electron chi connectivity index (χ4n) is 2.18. The SMILES string of the molecule is O=C(COc1ccc(F)cc1)NCCn1ccc(-c2ccccn2)n1. The molecule has 2 heterocycles. The molecule has 0 radical (unpaired) electrons. The van der Waals surface area contributed by atoms with Crippen LogP contribution in [-0.4, -0.2) is 33.8 Å². The molecule has 0 aliphatic heterocycles. The summed E-state index contributed by atoms with van der Waals surface area (Å²) in [5.41, 5.74) is 1.59. The third-order valence-corrected chi connectivity index (χ3v) is 3.41. The van der Waals surface area contributed by atoms with Crippen LogP contribution in [0.25, 0.3) is 11.4 Å². The second kappa shape index (κ2) is 8.05. The molecule has 0 unspecified atom stereocenters. The molecule has 0 aliphatic rings. The minimum Gasteiger partial charge on any atom is -0.484 e. The number of nitrogens with zero attached hydrogens (tertiary/aromatic N) is 3. The van der Waals surface area contributed by atoms with Crippen molar-refractivity contribution in [3.63, 3.8) is 0 Å². The van der Waals surface area contributed by atoms with Gasteiger partial charge in [-0.1, -0.05) is 6.07 Å². The third-order valence-electron chi connectivity index (χ3n) is 3.41. The Hall–Kier alpha value is -3.22. The summed E-state index contributed by atoms with van der Waals surface area (Å²) in [5, 5.41) is 7.16. The first kappa shape index (κ1) is 16.6. The van der Waals surface area contributed by atoms with Crippen LogP contribution >= 0.6 is 0 Å².